The van der Waals surface area contributed by atoms with Gasteiger partial charge in [-0.05, 0) is 24.3 Å². The molecule has 0 spiro atoms. The van der Waals surface area contributed by atoms with Gasteiger partial charge in [-0.1, -0.05) is 6.07 Å². The molecule has 0 radical (unpaired) electrons. The van der Waals surface area contributed by atoms with Crippen molar-refractivity contribution in [2.75, 3.05) is 0 Å². The third kappa shape index (κ3) is 2.83. The van der Waals surface area contributed by atoms with Crippen LogP contribution in [0.2, 0.25) is 0 Å². The zero-order valence-electron chi connectivity index (χ0n) is 14.9. The van der Waals surface area contributed by atoms with Gasteiger partial charge in [-0.25, -0.2) is 23.3 Å². The van der Waals surface area contributed by atoms with Gasteiger partial charge >= 0.3 is 0 Å². The van der Waals surface area contributed by atoms with Crippen molar-refractivity contribution < 1.29 is 9.13 Å². The average Bonchev–Trinajstić information content (AvgIpc) is 3.33. The zero-order chi connectivity index (χ0) is 17.5. The van der Waals surface area contributed by atoms with Gasteiger partial charge in [0, 0.05) is 7.05 Å². The lowest BCUT2D eigenvalue weighted by Gasteiger charge is -2.05. The molecule has 0 saturated carbocycles. The predicted molar refractivity (Wildman–Crippen MR) is 95.3 cm³/mol. The number of nitrogens with zero attached hydrogens (tertiary/aromatic N) is 6. The first-order chi connectivity index (χ1) is 12.7. The molecule has 0 aromatic carbocycles. The average molecular weight is 346 g/mol. The van der Waals surface area contributed by atoms with Crippen LogP contribution in [0.4, 0.5) is 0 Å². The highest BCUT2D eigenvalue weighted by atomic mass is 15.2. The van der Waals surface area contributed by atoms with E-state index in [2.05, 4.69) is 97.7 Å². The molecule has 1 aliphatic heterocycles. The van der Waals surface area contributed by atoms with Crippen LogP contribution in [0.15, 0.2) is 67.8 Å². The van der Waals surface area contributed by atoms with Crippen LogP contribution in [0.3, 0.4) is 0 Å². The molecule has 4 aromatic rings. The van der Waals surface area contributed by atoms with E-state index in [0.29, 0.717) is 0 Å². The van der Waals surface area contributed by atoms with Crippen LogP contribution >= 0.6 is 0 Å². The lowest BCUT2D eigenvalue weighted by Crippen LogP contribution is -2.34. The molecule has 8 bridgehead atoms. The van der Waals surface area contributed by atoms with E-state index in [1.807, 2.05) is 0 Å². The number of pyridine rings is 1. The summed E-state index contributed by atoms with van der Waals surface area (Å²) in [5.41, 5.74) is 4.77. The monoisotopic (exact) mass is 346 g/mol. The Balaban J connectivity index is 1.58. The molecule has 5 heterocycles. The maximum absolute atomic E-state index is 4.83. The largest absolute Gasteiger partial charge is 0.345 e. The molecule has 0 aliphatic carbocycles. The van der Waals surface area contributed by atoms with E-state index in [1.54, 1.807) is 0 Å². The van der Waals surface area contributed by atoms with Crippen molar-refractivity contribution in [3.63, 3.8) is 0 Å². The Hall–Kier alpha value is -3.15. The van der Waals surface area contributed by atoms with Gasteiger partial charge in [0.1, 0.15) is 51.0 Å². The Labute approximate surface area is 152 Å². The van der Waals surface area contributed by atoms with Gasteiger partial charge in [0.25, 0.3) is 0 Å². The van der Waals surface area contributed by atoms with Crippen molar-refractivity contribution in [2.24, 2.45) is 7.05 Å². The quantitative estimate of drug-likeness (QED) is 0.387. The van der Waals surface area contributed by atoms with Gasteiger partial charge in [-0.2, -0.15) is 0 Å². The van der Waals surface area contributed by atoms with E-state index in [9.17, 15) is 0 Å². The van der Waals surface area contributed by atoms with Crippen molar-refractivity contribution in [1.82, 2.24) is 18.7 Å². The van der Waals surface area contributed by atoms with Gasteiger partial charge in [0.15, 0.2) is 0 Å². The van der Waals surface area contributed by atoms with Gasteiger partial charge in [0.2, 0.25) is 12.7 Å². The second-order valence-electron chi connectivity index (χ2n) is 7.01. The van der Waals surface area contributed by atoms with E-state index < -0.39 is 0 Å². The SMILES string of the molecule is Cn1c2ccc1Cn1cc[n+](c1)Cc1cccc(n1)C[n+]1ccn(c1)C2. The summed E-state index contributed by atoms with van der Waals surface area (Å²) in [6, 6.07) is 10.7. The number of hydrogen-bond donors (Lipinski definition) is 0. The van der Waals surface area contributed by atoms with Gasteiger partial charge in [-0.3, -0.25) is 0 Å². The predicted octanol–water partition coefficient (Wildman–Crippen LogP) is 1.10. The smallest absolute Gasteiger partial charge is 0.244 e. The maximum Gasteiger partial charge on any atom is 0.244 e. The molecule has 0 amide bonds. The Bertz CT molecular complexity index is 989. The highest BCUT2D eigenvalue weighted by Gasteiger charge is 2.14. The molecule has 0 atom stereocenters. The summed E-state index contributed by atoms with van der Waals surface area (Å²) < 4.78 is 11.1. The first kappa shape index (κ1) is 15.1. The molecule has 0 fully saturated rings. The molecule has 6 heteroatoms. The molecule has 4 aromatic heterocycles. The molecule has 5 rings (SSSR count). The zero-order valence-corrected chi connectivity index (χ0v) is 14.9. The standard InChI is InChI=1S/C20H22N6/c1-22-19-5-6-20(22)14-26-10-8-24(16-26)12-18-4-2-3-17(21-18)11-23-7-9-25(13-19)15-23/h2-10,15-16H,11-14H2,1H3/q+2. The molecule has 26 heavy (non-hydrogen) atoms. The Morgan fingerprint density at radius 2 is 1.35 bits per heavy atom. The van der Waals surface area contributed by atoms with E-state index in [0.717, 1.165) is 37.6 Å². The summed E-state index contributed by atoms with van der Waals surface area (Å²) in [6.45, 7) is 3.29. The second-order valence-corrected chi connectivity index (χ2v) is 7.01. The van der Waals surface area contributed by atoms with Gasteiger partial charge in [0.05, 0.1) is 22.8 Å². The lowest BCUT2D eigenvalue weighted by molar-refractivity contribution is -0.689. The van der Waals surface area contributed by atoms with Crippen molar-refractivity contribution in [3.05, 3.63) is 90.5 Å². The lowest BCUT2D eigenvalue weighted by atomic mass is 10.3. The molecule has 0 N–H and O–H groups in total. The fraction of sp³-hybridized carbons (Fsp3) is 0.250. The highest BCUT2D eigenvalue weighted by molar-refractivity contribution is 5.17. The van der Waals surface area contributed by atoms with E-state index in [4.69, 9.17) is 4.98 Å². The first-order valence-corrected chi connectivity index (χ1v) is 8.91. The summed E-state index contributed by atoms with van der Waals surface area (Å²) in [5, 5.41) is 0. The summed E-state index contributed by atoms with van der Waals surface area (Å²) >= 11 is 0. The molecule has 0 unspecified atom stereocenters. The van der Waals surface area contributed by atoms with E-state index in [1.165, 1.54) is 11.4 Å². The Kier molecular flexibility index (Phi) is 3.48. The summed E-state index contributed by atoms with van der Waals surface area (Å²) in [4.78, 5) is 4.83. The van der Waals surface area contributed by atoms with Crippen LogP contribution in [0.1, 0.15) is 22.8 Å². The second kappa shape index (κ2) is 5.98. The first-order valence-electron chi connectivity index (χ1n) is 8.91. The fourth-order valence-corrected chi connectivity index (χ4v) is 3.62. The van der Waals surface area contributed by atoms with Gasteiger partial charge < -0.3 is 4.57 Å². The van der Waals surface area contributed by atoms with Crippen LogP contribution in [0, 0.1) is 0 Å². The van der Waals surface area contributed by atoms with E-state index in [-0.39, 0.29) is 0 Å². The van der Waals surface area contributed by atoms with Crippen molar-refractivity contribution in [3.8, 4) is 0 Å². The third-order valence-electron chi connectivity index (χ3n) is 5.06. The van der Waals surface area contributed by atoms with Crippen LogP contribution in [0.5, 0.6) is 0 Å². The number of fused-ring (bicyclic) bond motifs is 8. The van der Waals surface area contributed by atoms with Crippen molar-refractivity contribution >= 4 is 0 Å². The van der Waals surface area contributed by atoms with Crippen LogP contribution in [0.25, 0.3) is 0 Å². The summed E-state index contributed by atoms with van der Waals surface area (Å²) in [7, 11) is 2.15. The molecule has 130 valence electrons. The summed E-state index contributed by atoms with van der Waals surface area (Å²) in [5.74, 6) is 0. The topological polar surface area (TPSA) is 35.4 Å². The molecular weight excluding hydrogens is 324 g/mol. The highest BCUT2D eigenvalue weighted by Crippen LogP contribution is 2.11. The molecular formula is C20H22N6+2. The third-order valence-corrected chi connectivity index (χ3v) is 5.06. The number of imidazole rings is 2. The van der Waals surface area contributed by atoms with Crippen molar-refractivity contribution in [1.29, 1.82) is 0 Å². The number of aromatic nitrogens is 6. The minimum atomic E-state index is 0.783. The van der Waals surface area contributed by atoms with Crippen molar-refractivity contribution in [2.45, 2.75) is 26.2 Å². The Morgan fingerprint density at radius 3 is 1.88 bits per heavy atom. The van der Waals surface area contributed by atoms with E-state index >= 15 is 0 Å². The van der Waals surface area contributed by atoms with Gasteiger partial charge in [-0.15, -0.1) is 0 Å². The van der Waals surface area contributed by atoms with Crippen LogP contribution in [-0.4, -0.2) is 18.7 Å². The normalized spacial score (nSPS) is 13.7. The van der Waals surface area contributed by atoms with Crippen LogP contribution in [-0.2, 0) is 33.2 Å². The molecule has 0 saturated heterocycles. The summed E-state index contributed by atoms with van der Waals surface area (Å²) in [6.07, 6.45) is 12.8. The Morgan fingerprint density at radius 1 is 0.808 bits per heavy atom. The minimum absolute atomic E-state index is 0.783. The molecule has 1 aliphatic rings. The maximum atomic E-state index is 4.83. The van der Waals surface area contributed by atoms with Crippen LogP contribution < -0.4 is 9.13 Å². The fourth-order valence-electron chi connectivity index (χ4n) is 3.62. The molecule has 6 nitrogen and oxygen atoms in total. The minimum Gasteiger partial charge on any atom is -0.345 e. The number of rotatable bonds is 0. The number of hydrogen-bond acceptors (Lipinski definition) is 1.